The van der Waals surface area contributed by atoms with Crippen LogP contribution in [0.2, 0.25) is 0 Å². The Morgan fingerprint density at radius 3 is 1.27 bits per heavy atom. The van der Waals surface area contributed by atoms with Crippen molar-refractivity contribution in [3.05, 3.63) is 24.3 Å². The minimum Gasteiger partial charge on any atom is -0.452 e. The van der Waals surface area contributed by atoms with Gasteiger partial charge in [0.1, 0.15) is 18.3 Å². The van der Waals surface area contributed by atoms with Crippen LogP contribution in [0.25, 0.3) is 11.0 Å². The molecule has 212 valence electrons. The molecule has 0 unspecified atom stereocenters. The molecule has 0 spiro atoms. The molecule has 0 radical (unpaired) electrons. The van der Waals surface area contributed by atoms with E-state index in [0.29, 0.717) is 0 Å². The summed E-state index contributed by atoms with van der Waals surface area (Å²) in [6.07, 6.45) is 25.9. The standard InChI is InChI=1S/C25H51O2P.C6H5N3/c1-4-7-10-13-16-19-22-28(25(26)27,23-20-17-14-11-8-5-2)24-21-18-15-12-9-6-3;1-2-4-6-5(3-1)7-9-8-6/h4-24H2,1-3H3;1-4H,(H,7,8,9)/p+1. The van der Waals surface area contributed by atoms with Gasteiger partial charge in [-0.15, -0.1) is 0 Å². The predicted molar refractivity (Wildman–Crippen MR) is 164 cm³/mol. The van der Waals surface area contributed by atoms with Gasteiger partial charge < -0.3 is 5.11 Å². The summed E-state index contributed by atoms with van der Waals surface area (Å²) in [6, 6.07) is 7.70. The van der Waals surface area contributed by atoms with E-state index in [1.807, 2.05) is 24.3 Å². The highest BCUT2D eigenvalue weighted by molar-refractivity contribution is 7.90. The van der Waals surface area contributed by atoms with Crippen LogP contribution in [0, 0.1) is 0 Å². The number of hydrogen-bond donors (Lipinski definition) is 2. The smallest absolute Gasteiger partial charge is 0.448 e. The van der Waals surface area contributed by atoms with E-state index >= 15 is 0 Å². The van der Waals surface area contributed by atoms with Gasteiger partial charge in [0.15, 0.2) is 0 Å². The van der Waals surface area contributed by atoms with Crippen molar-refractivity contribution in [2.24, 2.45) is 0 Å². The fraction of sp³-hybridized carbons (Fsp3) is 0.774. The third kappa shape index (κ3) is 15.5. The first-order chi connectivity index (χ1) is 18.1. The lowest BCUT2D eigenvalue weighted by molar-refractivity contribution is 0.220. The van der Waals surface area contributed by atoms with Gasteiger partial charge in [0.05, 0.1) is 18.5 Å². The Balaban J connectivity index is 0.000000621. The topological polar surface area (TPSA) is 78.9 Å². The van der Waals surface area contributed by atoms with Crippen LogP contribution in [0.5, 0.6) is 0 Å². The molecule has 0 saturated heterocycles. The molecule has 0 aliphatic rings. The van der Waals surface area contributed by atoms with Crippen molar-refractivity contribution < 1.29 is 9.90 Å². The number of benzene rings is 1. The average Bonchev–Trinajstić information content (AvgIpc) is 3.39. The van der Waals surface area contributed by atoms with Crippen LogP contribution in [0.3, 0.4) is 0 Å². The predicted octanol–water partition coefficient (Wildman–Crippen LogP) is 10.7. The van der Waals surface area contributed by atoms with Crippen molar-refractivity contribution in [1.29, 1.82) is 0 Å². The molecule has 37 heavy (non-hydrogen) atoms. The highest BCUT2D eigenvalue weighted by Crippen LogP contribution is 2.61. The Morgan fingerprint density at radius 2 is 0.946 bits per heavy atom. The number of nitrogens with zero attached hydrogens (tertiary/aromatic N) is 2. The number of hydrogen-bond acceptors (Lipinski definition) is 3. The second kappa shape index (κ2) is 22.5. The van der Waals surface area contributed by atoms with Crippen molar-refractivity contribution in [1.82, 2.24) is 15.4 Å². The molecule has 6 heteroatoms. The van der Waals surface area contributed by atoms with E-state index in [9.17, 15) is 9.90 Å². The van der Waals surface area contributed by atoms with E-state index in [4.69, 9.17) is 0 Å². The Bertz CT molecular complexity index is 725. The highest BCUT2D eigenvalue weighted by atomic mass is 31.2. The van der Waals surface area contributed by atoms with Crippen molar-refractivity contribution in [3.8, 4) is 0 Å². The number of unbranched alkanes of at least 4 members (excludes halogenated alkanes) is 15. The summed E-state index contributed by atoms with van der Waals surface area (Å²) in [5, 5.41) is 20.5. The quantitative estimate of drug-likeness (QED) is 0.116. The number of para-hydroxylation sites is 2. The molecule has 0 aliphatic carbocycles. The van der Waals surface area contributed by atoms with Crippen LogP contribution in [0.15, 0.2) is 24.3 Å². The van der Waals surface area contributed by atoms with Gasteiger partial charge in [-0.3, -0.25) is 0 Å². The molecular formula is C31H57N3O2P+. The molecule has 1 aromatic heterocycles. The molecule has 0 bridgehead atoms. The molecule has 1 heterocycles. The first kappa shape index (κ1) is 33.5. The molecule has 2 rings (SSSR count). The highest BCUT2D eigenvalue weighted by Gasteiger charge is 2.44. The summed E-state index contributed by atoms with van der Waals surface area (Å²) in [7, 11) is -1.82. The lowest BCUT2D eigenvalue weighted by atomic mass is 10.1. The minimum absolute atomic E-state index is 0.400. The molecule has 2 aromatic rings. The largest absolute Gasteiger partial charge is 0.452 e. The first-order valence-electron chi connectivity index (χ1n) is 15.4. The Kier molecular flexibility index (Phi) is 20.4. The van der Waals surface area contributed by atoms with Crippen molar-refractivity contribution in [3.63, 3.8) is 0 Å². The molecule has 0 atom stereocenters. The van der Waals surface area contributed by atoms with Crippen molar-refractivity contribution >= 4 is 24.0 Å². The van der Waals surface area contributed by atoms with Gasteiger partial charge in [-0.05, 0) is 50.7 Å². The summed E-state index contributed by atoms with van der Waals surface area (Å²) in [5.74, 6) is 0. The summed E-state index contributed by atoms with van der Waals surface area (Å²) < 4.78 is 0. The van der Waals surface area contributed by atoms with Crippen molar-refractivity contribution in [2.75, 3.05) is 18.5 Å². The van der Waals surface area contributed by atoms with Crippen LogP contribution in [0.1, 0.15) is 136 Å². The summed E-state index contributed by atoms with van der Waals surface area (Å²) in [5.41, 5.74) is 1.43. The fourth-order valence-corrected chi connectivity index (χ4v) is 8.72. The molecular weight excluding hydrogens is 477 g/mol. The third-order valence-corrected chi connectivity index (χ3v) is 11.8. The maximum absolute atomic E-state index is 12.4. The maximum atomic E-state index is 12.4. The number of aromatic nitrogens is 3. The Morgan fingerprint density at radius 1 is 0.622 bits per heavy atom. The van der Waals surface area contributed by atoms with Crippen LogP contribution < -0.4 is 0 Å². The molecule has 2 N–H and O–H groups in total. The minimum atomic E-state index is -1.82. The number of H-pyrrole nitrogens is 1. The summed E-state index contributed by atoms with van der Waals surface area (Å²) >= 11 is 0. The number of carboxylic acid groups (broad SMARTS) is 1. The SMILES string of the molecule is CCCCCCCC[P+](CCCCCCCC)(CCCCCCCC)C(=O)O.c1ccc2n[nH]nc2c1. The van der Waals surface area contributed by atoms with Crippen molar-refractivity contribution in [2.45, 2.75) is 136 Å². The zero-order chi connectivity index (χ0) is 27.0. The maximum Gasteiger partial charge on any atom is 0.448 e. The monoisotopic (exact) mass is 534 g/mol. The van der Waals surface area contributed by atoms with E-state index in [1.54, 1.807) is 0 Å². The van der Waals surface area contributed by atoms with E-state index < -0.39 is 13.0 Å². The fourth-order valence-electron chi connectivity index (χ4n) is 4.99. The molecule has 1 aromatic carbocycles. The van der Waals surface area contributed by atoms with Crippen LogP contribution in [0.4, 0.5) is 4.79 Å². The zero-order valence-electron chi connectivity index (χ0n) is 24.4. The lowest BCUT2D eigenvalue weighted by Gasteiger charge is -2.22. The normalized spacial score (nSPS) is 11.4. The molecule has 0 aliphatic heterocycles. The van der Waals surface area contributed by atoms with Gasteiger partial charge in [0.2, 0.25) is 0 Å². The average molecular weight is 535 g/mol. The molecule has 0 saturated carbocycles. The lowest BCUT2D eigenvalue weighted by Crippen LogP contribution is -2.16. The second-order valence-electron chi connectivity index (χ2n) is 10.7. The van der Waals surface area contributed by atoms with Gasteiger partial charge in [-0.1, -0.05) is 110 Å². The first-order valence-corrected chi connectivity index (χ1v) is 17.8. The molecule has 5 nitrogen and oxygen atoms in total. The summed E-state index contributed by atoms with van der Waals surface area (Å²) in [6.45, 7) is 6.76. The van der Waals surface area contributed by atoms with E-state index in [-0.39, 0.29) is 0 Å². The number of aromatic amines is 1. The number of fused-ring (bicyclic) bond motifs is 1. The third-order valence-electron chi connectivity index (χ3n) is 7.45. The van der Waals surface area contributed by atoms with E-state index in [0.717, 1.165) is 48.8 Å². The van der Waals surface area contributed by atoms with Crippen LogP contribution in [-0.4, -0.2) is 44.7 Å². The van der Waals surface area contributed by atoms with Gasteiger partial charge >= 0.3 is 5.71 Å². The van der Waals surface area contributed by atoms with E-state index in [1.165, 1.54) is 96.3 Å². The van der Waals surface area contributed by atoms with Gasteiger partial charge in [0.25, 0.3) is 0 Å². The van der Waals surface area contributed by atoms with Gasteiger partial charge in [-0.25, -0.2) is 4.79 Å². The second-order valence-corrected chi connectivity index (χ2v) is 14.7. The Hall–Kier alpha value is -1.48. The number of nitrogens with one attached hydrogen (secondary N) is 1. The van der Waals surface area contributed by atoms with Crippen LogP contribution >= 0.6 is 7.26 Å². The molecule has 0 fully saturated rings. The zero-order valence-corrected chi connectivity index (χ0v) is 25.3. The Labute approximate surface area is 228 Å². The van der Waals surface area contributed by atoms with Crippen LogP contribution in [-0.2, 0) is 0 Å². The van der Waals surface area contributed by atoms with E-state index in [2.05, 4.69) is 36.2 Å². The van der Waals surface area contributed by atoms with Gasteiger partial charge in [0, 0.05) is 0 Å². The number of rotatable bonds is 22. The number of carbonyl (C=O) groups is 1. The molecule has 0 amide bonds. The summed E-state index contributed by atoms with van der Waals surface area (Å²) in [4.78, 5) is 12.4. The van der Waals surface area contributed by atoms with Gasteiger partial charge in [-0.2, -0.15) is 15.4 Å².